The zero-order chi connectivity index (χ0) is 22.1. The molecule has 1 atom stereocenters. The first-order valence-corrected chi connectivity index (χ1v) is 10.7. The van der Waals surface area contributed by atoms with Gasteiger partial charge in [0.25, 0.3) is 11.5 Å². The largest absolute Gasteiger partial charge is 0.496 e. The van der Waals surface area contributed by atoms with E-state index in [0.717, 1.165) is 16.6 Å². The average Bonchev–Trinajstić information content (AvgIpc) is 2.98. The zero-order valence-electron chi connectivity index (χ0n) is 18.4. The summed E-state index contributed by atoms with van der Waals surface area (Å²) in [5.74, 6) is 0.850. The van der Waals surface area contributed by atoms with Crippen LogP contribution in [0.2, 0.25) is 0 Å². The fourth-order valence-corrected chi connectivity index (χ4v) is 4.16. The summed E-state index contributed by atoms with van der Waals surface area (Å²) in [4.78, 5) is 34.1. The molecule has 1 aliphatic heterocycles. The Labute approximate surface area is 181 Å². The number of carbonyl (C=O) groups excluding carboxylic acids is 1. The number of nitrogens with zero attached hydrogens (tertiary/aromatic N) is 2. The third kappa shape index (κ3) is 4.07. The van der Waals surface area contributed by atoms with Crippen LogP contribution >= 0.6 is 0 Å². The monoisotopic (exact) mass is 423 g/mol. The molecule has 1 aromatic carbocycles. The van der Waals surface area contributed by atoms with E-state index in [2.05, 4.69) is 15.6 Å². The van der Waals surface area contributed by atoms with Crippen molar-refractivity contribution in [1.29, 1.82) is 0 Å². The highest BCUT2D eigenvalue weighted by Gasteiger charge is 2.28. The molecule has 164 valence electrons. The zero-order valence-corrected chi connectivity index (χ0v) is 18.4. The highest BCUT2D eigenvalue weighted by Crippen LogP contribution is 2.26. The number of aryl methyl sites for hydroxylation is 1. The van der Waals surface area contributed by atoms with Crippen LogP contribution in [0.5, 0.6) is 5.75 Å². The van der Waals surface area contributed by atoms with Crippen LogP contribution in [0.3, 0.4) is 0 Å². The number of H-pyrrole nitrogens is 1. The number of carbonyl (C=O) groups is 1. The van der Waals surface area contributed by atoms with Crippen molar-refractivity contribution in [3.8, 4) is 5.75 Å². The number of hydrogen-bond acceptors (Lipinski definition) is 5. The van der Waals surface area contributed by atoms with E-state index in [-0.39, 0.29) is 23.4 Å². The normalized spacial score (nSPS) is 14.9. The van der Waals surface area contributed by atoms with Crippen LogP contribution in [-0.2, 0) is 13.0 Å². The van der Waals surface area contributed by atoms with Gasteiger partial charge in [0.05, 0.1) is 24.2 Å². The molecule has 0 fully saturated rings. The molecule has 1 aliphatic rings. The van der Waals surface area contributed by atoms with Crippen molar-refractivity contribution in [2.24, 2.45) is 5.92 Å². The Morgan fingerprint density at radius 2 is 2.06 bits per heavy atom. The molecule has 0 radical (unpaired) electrons. The molecule has 3 aromatic rings. The van der Waals surface area contributed by atoms with Crippen LogP contribution in [-0.4, -0.2) is 40.6 Å². The molecule has 8 nitrogen and oxygen atoms in total. The van der Waals surface area contributed by atoms with E-state index < -0.39 is 0 Å². The van der Waals surface area contributed by atoms with Crippen molar-refractivity contribution in [2.75, 3.05) is 20.2 Å². The maximum absolute atomic E-state index is 13.5. The maximum Gasteiger partial charge on any atom is 0.257 e. The number of amides is 1. The maximum atomic E-state index is 13.5. The average molecular weight is 424 g/mol. The number of aromatic nitrogens is 3. The molecule has 4 rings (SSSR count). The summed E-state index contributed by atoms with van der Waals surface area (Å²) < 4.78 is 7.12. The smallest absolute Gasteiger partial charge is 0.257 e. The van der Waals surface area contributed by atoms with Crippen molar-refractivity contribution in [1.82, 2.24) is 25.2 Å². The number of imidazole rings is 1. The number of methoxy groups -OCH3 is 1. The SMILES string of the molecule is COc1cc(=O)n2c(c1C(=O)N[C@H](c1nc3ccc(C)cc3[nH]1)C(C)C)CCNCC2. The van der Waals surface area contributed by atoms with Crippen LogP contribution in [0.15, 0.2) is 29.1 Å². The Morgan fingerprint density at radius 1 is 1.26 bits per heavy atom. The summed E-state index contributed by atoms with van der Waals surface area (Å²) in [6.07, 6.45) is 0.575. The lowest BCUT2D eigenvalue weighted by Crippen LogP contribution is -2.35. The molecule has 8 heteroatoms. The first kappa shape index (κ1) is 21.1. The molecule has 31 heavy (non-hydrogen) atoms. The third-order valence-electron chi connectivity index (χ3n) is 5.78. The van der Waals surface area contributed by atoms with Gasteiger partial charge >= 0.3 is 0 Å². The minimum absolute atomic E-state index is 0.100. The van der Waals surface area contributed by atoms with E-state index in [1.807, 2.05) is 39.0 Å². The minimum atomic E-state index is -0.318. The fourth-order valence-electron chi connectivity index (χ4n) is 4.16. The molecule has 3 heterocycles. The Kier molecular flexibility index (Phi) is 5.82. The van der Waals surface area contributed by atoms with E-state index in [1.54, 1.807) is 4.57 Å². The molecule has 3 N–H and O–H groups in total. The number of pyridine rings is 1. The van der Waals surface area contributed by atoms with Crippen molar-refractivity contribution >= 4 is 16.9 Å². The number of aromatic amines is 1. The van der Waals surface area contributed by atoms with Gasteiger partial charge in [0.15, 0.2) is 0 Å². The van der Waals surface area contributed by atoms with Gasteiger partial charge in [0.1, 0.15) is 17.1 Å². The predicted octanol–water partition coefficient (Wildman–Crippen LogP) is 2.31. The van der Waals surface area contributed by atoms with Crippen LogP contribution < -0.4 is 20.9 Å². The van der Waals surface area contributed by atoms with E-state index >= 15 is 0 Å². The number of hydrogen-bond donors (Lipinski definition) is 3. The number of ether oxygens (including phenoxy) is 1. The van der Waals surface area contributed by atoms with Gasteiger partial charge in [-0.05, 0) is 30.5 Å². The van der Waals surface area contributed by atoms with E-state index in [4.69, 9.17) is 9.72 Å². The molecular formula is C23H29N5O3. The molecular weight excluding hydrogens is 394 g/mol. The van der Waals surface area contributed by atoms with Gasteiger partial charge in [-0.15, -0.1) is 0 Å². The lowest BCUT2D eigenvalue weighted by atomic mass is 10.0. The van der Waals surface area contributed by atoms with Crippen molar-refractivity contribution in [3.63, 3.8) is 0 Å². The third-order valence-corrected chi connectivity index (χ3v) is 5.78. The Morgan fingerprint density at radius 3 is 2.81 bits per heavy atom. The summed E-state index contributed by atoms with van der Waals surface area (Å²) in [5, 5.41) is 6.42. The summed E-state index contributed by atoms with van der Waals surface area (Å²) in [6, 6.07) is 7.12. The van der Waals surface area contributed by atoms with Gasteiger partial charge in [-0.25, -0.2) is 4.98 Å². The molecule has 0 saturated carbocycles. The highest BCUT2D eigenvalue weighted by atomic mass is 16.5. The second kappa shape index (κ2) is 8.55. The lowest BCUT2D eigenvalue weighted by molar-refractivity contribution is 0.0918. The minimum Gasteiger partial charge on any atom is -0.496 e. The van der Waals surface area contributed by atoms with Crippen molar-refractivity contribution < 1.29 is 9.53 Å². The summed E-state index contributed by atoms with van der Waals surface area (Å²) in [7, 11) is 1.49. The van der Waals surface area contributed by atoms with Gasteiger partial charge in [0.2, 0.25) is 0 Å². The molecule has 0 bridgehead atoms. The standard InChI is InChI=1S/C23H29N5O3/c1-13(2)21(22-25-15-6-5-14(3)11-16(15)26-22)27-23(30)20-17-7-8-24-9-10-28(17)19(29)12-18(20)31-4/h5-6,11-13,21,24H,7-10H2,1-4H3,(H,25,26)(H,27,30)/t21-/m0/s1. The topological polar surface area (TPSA) is 101 Å². The Bertz CT molecular complexity index is 1180. The number of nitrogens with one attached hydrogen (secondary N) is 3. The summed E-state index contributed by atoms with van der Waals surface area (Å²) >= 11 is 0. The quantitative estimate of drug-likeness (QED) is 0.585. The molecule has 0 spiro atoms. The molecule has 0 saturated heterocycles. The molecule has 0 unspecified atom stereocenters. The van der Waals surface area contributed by atoms with Gasteiger partial charge in [-0.1, -0.05) is 19.9 Å². The summed E-state index contributed by atoms with van der Waals surface area (Å²) in [6.45, 7) is 8.03. The Hall–Kier alpha value is -3.13. The number of fused-ring (bicyclic) bond motifs is 2. The van der Waals surface area contributed by atoms with Crippen LogP contribution in [0.1, 0.15) is 47.3 Å². The van der Waals surface area contributed by atoms with E-state index in [0.29, 0.717) is 48.9 Å². The Balaban J connectivity index is 1.73. The number of benzene rings is 1. The first-order chi connectivity index (χ1) is 14.9. The van der Waals surface area contributed by atoms with Crippen LogP contribution in [0.4, 0.5) is 0 Å². The second-order valence-corrected chi connectivity index (χ2v) is 8.36. The van der Waals surface area contributed by atoms with Gasteiger partial charge in [0, 0.05) is 37.8 Å². The summed E-state index contributed by atoms with van der Waals surface area (Å²) in [5.41, 5.74) is 3.92. The van der Waals surface area contributed by atoms with Crippen molar-refractivity contribution in [3.05, 3.63) is 57.3 Å². The predicted molar refractivity (Wildman–Crippen MR) is 120 cm³/mol. The first-order valence-electron chi connectivity index (χ1n) is 10.7. The molecule has 2 aromatic heterocycles. The second-order valence-electron chi connectivity index (χ2n) is 8.36. The molecule has 1 amide bonds. The molecule has 0 aliphatic carbocycles. The van der Waals surface area contributed by atoms with Crippen LogP contribution in [0, 0.1) is 12.8 Å². The van der Waals surface area contributed by atoms with E-state index in [9.17, 15) is 9.59 Å². The van der Waals surface area contributed by atoms with Crippen molar-refractivity contribution in [2.45, 2.75) is 39.8 Å². The van der Waals surface area contributed by atoms with E-state index in [1.165, 1.54) is 13.2 Å². The number of rotatable bonds is 5. The van der Waals surface area contributed by atoms with Gasteiger partial charge in [-0.2, -0.15) is 0 Å². The van der Waals surface area contributed by atoms with Crippen LogP contribution in [0.25, 0.3) is 11.0 Å². The fraction of sp³-hybridized carbons (Fsp3) is 0.435. The highest BCUT2D eigenvalue weighted by molar-refractivity contribution is 5.98. The lowest BCUT2D eigenvalue weighted by Gasteiger charge is -2.23. The van der Waals surface area contributed by atoms with Gasteiger partial charge < -0.3 is 24.9 Å². The van der Waals surface area contributed by atoms with Gasteiger partial charge in [-0.3, -0.25) is 9.59 Å².